The third kappa shape index (κ3) is 3.78. The van der Waals surface area contributed by atoms with Crippen molar-refractivity contribution in [2.45, 2.75) is 13.8 Å². The van der Waals surface area contributed by atoms with Gasteiger partial charge in [0, 0.05) is 0 Å². The maximum Gasteiger partial charge on any atom is 0.336 e. The smallest absolute Gasteiger partial charge is 0.336 e. The quantitative estimate of drug-likeness (QED) is 0.542. The van der Waals surface area contributed by atoms with Gasteiger partial charge in [0.2, 0.25) is 0 Å². The minimum absolute atomic E-state index is 0.0162. The average Bonchev–Trinajstić information content (AvgIpc) is 3.36. The summed E-state index contributed by atoms with van der Waals surface area (Å²) in [5.41, 5.74) is 2.71. The number of anilines is 2. The summed E-state index contributed by atoms with van der Waals surface area (Å²) in [6.07, 6.45) is 0. The summed E-state index contributed by atoms with van der Waals surface area (Å²) in [5, 5.41) is 21.5. The molecule has 0 saturated heterocycles. The highest BCUT2D eigenvalue weighted by Crippen LogP contribution is 2.39. The Kier molecular flexibility index (Phi) is 5.77. The average molecular weight is 479 g/mol. The number of nitrogens with zero attached hydrogens (tertiary/aromatic N) is 4. The molecule has 0 aliphatic carbocycles. The van der Waals surface area contributed by atoms with Gasteiger partial charge in [0.15, 0.2) is 0 Å². The Balaban J connectivity index is 1.72. The van der Waals surface area contributed by atoms with Gasteiger partial charge in [-0.05, 0) is 55.3 Å². The molecule has 0 fully saturated rings. The van der Waals surface area contributed by atoms with Crippen molar-refractivity contribution < 1.29 is 19.5 Å². The van der Waals surface area contributed by atoms with E-state index in [9.17, 15) is 19.5 Å². The van der Waals surface area contributed by atoms with E-state index in [1.807, 2.05) is 12.1 Å². The monoisotopic (exact) mass is 478 g/mol. The van der Waals surface area contributed by atoms with Crippen molar-refractivity contribution in [3.05, 3.63) is 102 Å². The Labute approximate surface area is 207 Å². The molecule has 5 rings (SSSR count). The second kappa shape index (κ2) is 9.07. The summed E-state index contributed by atoms with van der Waals surface area (Å²) in [6, 6.07) is 24.3. The topological polar surface area (TPSA) is 103 Å². The van der Waals surface area contributed by atoms with Gasteiger partial charge in [-0.25, -0.2) is 4.79 Å². The van der Waals surface area contributed by atoms with Crippen LogP contribution in [0.15, 0.2) is 101 Å². The second-order valence-corrected chi connectivity index (χ2v) is 8.44. The van der Waals surface area contributed by atoms with Gasteiger partial charge in [-0.3, -0.25) is 9.59 Å². The number of amides is 2. The molecule has 8 heteroatoms. The number of hydrogen-bond acceptors (Lipinski definition) is 5. The number of hydrogen-bond donors (Lipinski definition) is 1. The first-order valence-corrected chi connectivity index (χ1v) is 11.3. The summed E-state index contributed by atoms with van der Waals surface area (Å²) < 4.78 is 0. The lowest BCUT2D eigenvalue weighted by molar-refractivity contribution is -0.118. The van der Waals surface area contributed by atoms with Gasteiger partial charge in [0.25, 0.3) is 11.8 Å². The fourth-order valence-corrected chi connectivity index (χ4v) is 4.55. The fourth-order valence-electron chi connectivity index (χ4n) is 4.55. The van der Waals surface area contributed by atoms with Gasteiger partial charge in [-0.1, -0.05) is 54.6 Å². The number of benzene rings is 3. The van der Waals surface area contributed by atoms with Crippen molar-refractivity contribution >= 4 is 46.2 Å². The molecule has 36 heavy (non-hydrogen) atoms. The summed E-state index contributed by atoms with van der Waals surface area (Å²) in [7, 11) is 0. The predicted octanol–water partition coefficient (Wildman–Crippen LogP) is 4.60. The number of carbonyl (C=O) groups excluding carboxylic acids is 2. The molecule has 3 aromatic carbocycles. The molecule has 3 aromatic rings. The largest absolute Gasteiger partial charge is 0.478 e. The van der Waals surface area contributed by atoms with Gasteiger partial charge in [0.05, 0.1) is 33.9 Å². The van der Waals surface area contributed by atoms with Crippen molar-refractivity contribution in [3.8, 4) is 0 Å². The molecular weight excluding hydrogens is 456 g/mol. The zero-order chi connectivity index (χ0) is 25.4. The number of carboxylic acids is 1. The first-order chi connectivity index (χ1) is 17.4. The SMILES string of the molecule is CC1=NN(c2ccccc2)C(=O)/C1=C(/c1ccccc1C(=O)O)C1C(=O)N(c2ccccc2)N=C1C. The van der Waals surface area contributed by atoms with Crippen molar-refractivity contribution in [1.82, 2.24) is 0 Å². The fraction of sp³-hybridized carbons (Fsp3) is 0.107. The van der Waals surface area contributed by atoms with E-state index in [1.54, 1.807) is 80.6 Å². The van der Waals surface area contributed by atoms with Crippen LogP contribution < -0.4 is 10.0 Å². The van der Waals surface area contributed by atoms with Crippen LogP contribution in [0.1, 0.15) is 29.8 Å². The minimum Gasteiger partial charge on any atom is -0.478 e. The highest BCUT2D eigenvalue weighted by Gasteiger charge is 2.43. The van der Waals surface area contributed by atoms with E-state index < -0.39 is 17.8 Å². The Bertz CT molecular complexity index is 1480. The van der Waals surface area contributed by atoms with Gasteiger partial charge in [-0.2, -0.15) is 20.2 Å². The lowest BCUT2D eigenvalue weighted by Gasteiger charge is -2.21. The molecule has 1 unspecified atom stereocenters. The van der Waals surface area contributed by atoms with Crippen molar-refractivity contribution in [2.24, 2.45) is 16.1 Å². The van der Waals surface area contributed by atoms with Crippen LogP contribution in [0.25, 0.3) is 5.57 Å². The molecule has 178 valence electrons. The number of hydrazone groups is 2. The molecule has 0 spiro atoms. The normalized spacial score (nSPS) is 18.9. The summed E-state index contributed by atoms with van der Waals surface area (Å²) in [4.78, 5) is 39.8. The first kappa shape index (κ1) is 22.9. The molecule has 8 nitrogen and oxygen atoms in total. The van der Waals surface area contributed by atoms with Gasteiger partial charge in [0.1, 0.15) is 5.92 Å². The van der Waals surface area contributed by atoms with E-state index >= 15 is 0 Å². The second-order valence-electron chi connectivity index (χ2n) is 8.44. The van der Waals surface area contributed by atoms with Gasteiger partial charge in [-0.15, -0.1) is 0 Å². The number of para-hydroxylation sites is 2. The van der Waals surface area contributed by atoms with Gasteiger partial charge < -0.3 is 5.11 Å². The van der Waals surface area contributed by atoms with Crippen molar-refractivity contribution in [2.75, 3.05) is 10.0 Å². The summed E-state index contributed by atoms with van der Waals surface area (Å²) in [6.45, 7) is 3.39. The molecule has 0 radical (unpaired) electrons. The first-order valence-electron chi connectivity index (χ1n) is 11.3. The molecule has 2 heterocycles. The van der Waals surface area contributed by atoms with E-state index in [2.05, 4.69) is 10.2 Å². The molecule has 0 bridgehead atoms. The van der Waals surface area contributed by atoms with Crippen LogP contribution in [-0.4, -0.2) is 34.3 Å². The zero-order valence-corrected chi connectivity index (χ0v) is 19.6. The Morgan fingerprint density at radius 1 is 0.750 bits per heavy atom. The third-order valence-electron chi connectivity index (χ3n) is 6.16. The van der Waals surface area contributed by atoms with Crippen LogP contribution in [-0.2, 0) is 9.59 Å². The number of carbonyl (C=O) groups is 3. The van der Waals surface area contributed by atoms with Gasteiger partial charge >= 0.3 is 5.97 Å². The molecule has 2 amide bonds. The zero-order valence-electron chi connectivity index (χ0n) is 19.6. The molecule has 2 aliphatic heterocycles. The highest BCUT2D eigenvalue weighted by molar-refractivity contribution is 6.37. The Hall–Kier alpha value is -4.85. The summed E-state index contributed by atoms with van der Waals surface area (Å²) in [5.74, 6) is -2.94. The minimum atomic E-state index is -1.16. The standard InChI is InChI=1S/C28H22N4O4/c1-17-23(26(33)31(29-17)19-11-5-3-6-12-19)25(21-15-9-10-16-22(21)28(35)36)24-18(2)30-32(27(24)34)20-13-7-4-8-14-20/h3-16,23H,1-2H3,(H,35,36)/b25-24-. The summed E-state index contributed by atoms with van der Waals surface area (Å²) >= 11 is 0. The van der Waals surface area contributed by atoms with E-state index in [0.717, 1.165) is 0 Å². The predicted molar refractivity (Wildman–Crippen MR) is 138 cm³/mol. The van der Waals surface area contributed by atoms with Crippen molar-refractivity contribution in [1.29, 1.82) is 0 Å². The Morgan fingerprint density at radius 2 is 1.28 bits per heavy atom. The maximum absolute atomic E-state index is 13.8. The van der Waals surface area contributed by atoms with Crippen molar-refractivity contribution in [3.63, 3.8) is 0 Å². The molecule has 1 N–H and O–H groups in total. The number of carboxylic acid groups (broad SMARTS) is 1. The lowest BCUT2D eigenvalue weighted by atomic mass is 9.82. The van der Waals surface area contributed by atoms with Crippen LogP contribution in [0, 0.1) is 5.92 Å². The maximum atomic E-state index is 13.8. The van der Waals surface area contributed by atoms with E-state index in [4.69, 9.17) is 0 Å². The third-order valence-corrected chi connectivity index (χ3v) is 6.16. The molecule has 0 aromatic heterocycles. The van der Waals surface area contributed by atoms with Crippen LogP contribution in [0.4, 0.5) is 11.4 Å². The molecule has 2 aliphatic rings. The van der Waals surface area contributed by atoms with E-state index in [1.165, 1.54) is 16.1 Å². The van der Waals surface area contributed by atoms with Crippen LogP contribution >= 0.6 is 0 Å². The number of rotatable bonds is 5. The van der Waals surface area contributed by atoms with Crippen LogP contribution in [0.5, 0.6) is 0 Å². The Morgan fingerprint density at radius 3 is 1.86 bits per heavy atom. The van der Waals surface area contributed by atoms with Crippen LogP contribution in [0.2, 0.25) is 0 Å². The molecule has 0 saturated carbocycles. The van der Waals surface area contributed by atoms with E-state index in [0.29, 0.717) is 22.8 Å². The van der Waals surface area contributed by atoms with Crippen LogP contribution in [0.3, 0.4) is 0 Å². The molecule has 1 atom stereocenters. The van der Waals surface area contributed by atoms with E-state index in [-0.39, 0.29) is 28.2 Å². The lowest BCUT2D eigenvalue weighted by Crippen LogP contribution is -2.31. The molecular formula is C28H22N4O4. The highest BCUT2D eigenvalue weighted by atomic mass is 16.4. The number of aromatic carboxylic acids is 1.